The van der Waals surface area contributed by atoms with Gasteiger partial charge in [-0.3, -0.25) is 0 Å². The van der Waals surface area contributed by atoms with Crippen LogP contribution in [-0.4, -0.2) is 32.7 Å². The largest absolute Gasteiger partial charge is 0.358 e. The van der Waals surface area contributed by atoms with Gasteiger partial charge in [-0.15, -0.1) is 0 Å². The summed E-state index contributed by atoms with van der Waals surface area (Å²) in [6.45, 7) is 12.1. The molecule has 1 N–H and O–H groups in total. The van der Waals surface area contributed by atoms with Gasteiger partial charge < -0.3 is 9.80 Å². The van der Waals surface area contributed by atoms with Gasteiger partial charge in [-0.1, -0.05) is 30.7 Å². The molecular weight excluding hydrogens is 287 g/mol. The van der Waals surface area contributed by atoms with E-state index in [9.17, 15) is 4.39 Å². The minimum atomic E-state index is -0.0937. The fourth-order valence-corrected chi connectivity index (χ4v) is 3.27. The highest BCUT2D eigenvalue weighted by Crippen LogP contribution is 2.18. The van der Waals surface area contributed by atoms with Crippen LogP contribution in [0.5, 0.6) is 0 Å². The van der Waals surface area contributed by atoms with E-state index in [4.69, 9.17) is 0 Å². The summed E-state index contributed by atoms with van der Waals surface area (Å²) in [4.78, 5) is 3.86. The minimum absolute atomic E-state index is 0.0937. The van der Waals surface area contributed by atoms with Gasteiger partial charge in [0.2, 0.25) is 0 Å². The lowest BCUT2D eigenvalue weighted by molar-refractivity contribution is -0.901. The summed E-state index contributed by atoms with van der Waals surface area (Å²) in [5, 5.41) is 0. The molecule has 1 saturated heterocycles. The highest BCUT2D eigenvalue weighted by Gasteiger charge is 2.21. The first-order valence-corrected chi connectivity index (χ1v) is 9.02. The van der Waals surface area contributed by atoms with Crippen molar-refractivity contribution in [2.45, 2.75) is 40.0 Å². The molecule has 1 heterocycles. The van der Waals surface area contributed by atoms with Crippen molar-refractivity contribution < 1.29 is 9.29 Å². The quantitative estimate of drug-likeness (QED) is 0.758. The van der Waals surface area contributed by atoms with Crippen molar-refractivity contribution in [3.63, 3.8) is 0 Å². The first-order chi connectivity index (χ1) is 11.1. The molecule has 2 rings (SSSR count). The molecule has 1 atom stereocenters. The normalized spacial score (nSPS) is 17.1. The Bertz CT molecular complexity index is 500. The van der Waals surface area contributed by atoms with Gasteiger partial charge in [0.25, 0.3) is 0 Å². The number of benzene rings is 1. The average Bonchev–Trinajstić information content (AvgIpc) is 2.54. The van der Waals surface area contributed by atoms with E-state index in [0.29, 0.717) is 0 Å². The van der Waals surface area contributed by atoms with E-state index in [2.05, 4.69) is 31.7 Å². The number of allylic oxidation sites excluding steroid dienone is 2. The van der Waals surface area contributed by atoms with Crippen LogP contribution in [0.15, 0.2) is 35.9 Å². The molecule has 0 radical (unpaired) electrons. The SMILES string of the molecule is CC(C)=CCC[C@@H](C)CC[NH+]1CCN(c2ccccc2F)CC1. The van der Waals surface area contributed by atoms with Crippen molar-refractivity contribution in [3.05, 3.63) is 41.7 Å². The minimum Gasteiger partial charge on any atom is -0.358 e. The van der Waals surface area contributed by atoms with Crippen molar-refractivity contribution in [1.29, 1.82) is 0 Å². The molecule has 23 heavy (non-hydrogen) atoms. The summed E-state index contributed by atoms with van der Waals surface area (Å²) in [5.74, 6) is 0.701. The molecule has 0 saturated carbocycles. The number of hydrogen-bond donors (Lipinski definition) is 1. The number of piperazine rings is 1. The predicted octanol–water partition coefficient (Wildman–Crippen LogP) is 3.30. The second kappa shape index (κ2) is 9.07. The van der Waals surface area contributed by atoms with Crippen LogP contribution >= 0.6 is 0 Å². The Labute approximate surface area is 141 Å². The lowest BCUT2D eigenvalue weighted by Gasteiger charge is -2.34. The maximum Gasteiger partial charge on any atom is 0.146 e. The molecule has 0 unspecified atom stereocenters. The maximum absolute atomic E-state index is 13.8. The molecule has 1 aromatic carbocycles. The first-order valence-electron chi connectivity index (χ1n) is 9.02. The van der Waals surface area contributed by atoms with Crippen LogP contribution in [0.25, 0.3) is 0 Å². The zero-order chi connectivity index (χ0) is 16.7. The van der Waals surface area contributed by atoms with Crippen LogP contribution in [0.3, 0.4) is 0 Å². The van der Waals surface area contributed by atoms with Crippen molar-refractivity contribution in [3.8, 4) is 0 Å². The Balaban J connectivity index is 1.69. The van der Waals surface area contributed by atoms with Crippen LogP contribution in [0, 0.1) is 11.7 Å². The predicted molar refractivity (Wildman–Crippen MR) is 96.6 cm³/mol. The standard InChI is InChI=1S/C20H31FN2/c1-17(2)7-6-8-18(3)11-12-22-13-15-23(16-14-22)20-10-5-4-9-19(20)21/h4-5,7,9-10,18H,6,8,11-16H2,1-3H3/p+1/t18-/m1/s1. The van der Waals surface area contributed by atoms with E-state index < -0.39 is 0 Å². The number of nitrogens with zero attached hydrogens (tertiary/aromatic N) is 1. The van der Waals surface area contributed by atoms with Gasteiger partial charge in [0.05, 0.1) is 38.4 Å². The number of halogens is 1. The first kappa shape index (κ1) is 18.0. The van der Waals surface area contributed by atoms with Crippen molar-refractivity contribution in [1.82, 2.24) is 0 Å². The molecule has 128 valence electrons. The Hall–Kier alpha value is -1.35. The third kappa shape index (κ3) is 5.98. The number of anilines is 1. The lowest BCUT2D eigenvalue weighted by Crippen LogP contribution is -3.15. The number of rotatable bonds is 7. The lowest BCUT2D eigenvalue weighted by atomic mass is 10.0. The topological polar surface area (TPSA) is 7.68 Å². The number of quaternary nitrogens is 1. The van der Waals surface area contributed by atoms with Crippen LogP contribution in [0.2, 0.25) is 0 Å². The second-order valence-corrected chi connectivity index (χ2v) is 7.19. The highest BCUT2D eigenvalue weighted by molar-refractivity contribution is 5.47. The highest BCUT2D eigenvalue weighted by atomic mass is 19.1. The van der Waals surface area contributed by atoms with Gasteiger partial charge in [0.15, 0.2) is 0 Å². The van der Waals surface area contributed by atoms with E-state index in [-0.39, 0.29) is 5.82 Å². The maximum atomic E-state index is 13.8. The monoisotopic (exact) mass is 319 g/mol. The van der Waals surface area contributed by atoms with Gasteiger partial charge in [0, 0.05) is 0 Å². The smallest absolute Gasteiger partial charge is 0.146 e. The Kier molecular flexibility index (Phi) is 7.10. The van der Waals surface area contributed by atoms with Crippen molar-refractivity contribution in [2.24, 2.45) is 5.92 Å². The van der Waals surface area contributed by atoms with E-state index in [1.807, 2.05) is 12.1 Å². The van der Waals surface area contributed by atoms with Crippen LogP contribution in [-0.2, 0) is 0 Å². The van der Waals surface area contributed by atoms with E-state index >= 15 is 0 Å². The van der Waals surface area contributed by atoms with Crippen molar-refractivity contribution in [2.75, 3.05) is 37.6 Å². The molecule has 0 spiro atoms. The Morgan fingerprint density at radius 3 is 2.57 bits per heavy atom. The van der Waals surface area contributed by atoms with Gasteiger partial charge in [-0.05, 0) is 51.2 Å². The van der Waals surface area contributed by atoms with E-state index in [0.717, 1.165) is 37.8 Å². The van der Waals surface area contributed by atoms with Crippen LogP contribution in [0.1, 0.15) is 40.0 Å². The Morgan fingerprint density at radius 1 is 1.22 bits per heavy atom. The fraction of sp³-hybridized carbons (Fsp3) is 0.600. The molecule has 0 aromatic heterocycles. The molecule has 1 fully saturated rings. The van der Waals surface area contributed by atoms with Crippen LogP contribution in [0.4, 0.5) is 10.1 Å². The number of para-hydroxylation sites is 1. The Morgan fingerprint density at radius 2 is 1.91 bits per heavy atom. The number of nitrogens with one attached hydrogen (secondary N) is 1. The summed E-state index contributed by atoms with van der Waals surface area (Å²) >= 11 is 0. The zero-order valence-electron chi connectivity index (χ0n) is 14.9. The fourth-order valence-electron chi connectivity index (χ4n) is 3.27. The van der Waals surface area contributed by atoms with Gasteiger partial charge in [-0.2, -0.15) is 0 Å². The van der Waals surface area contributed by atoms with Gasteiger partial charge >= 0.3 is 0 Å². The molecule has 2 nitrogen and oxygen atoms in total. The molecule has 0 bridgehead atoms. The molecular formula is C20H32FN2+. The summed E-state index contributed by atoms with van der Waals surface area (Å²) in [6.07, 6.45) is 6.14. The average molecular weight is 319 g/mol. The summed E-state index contributed by atoms with van der Waals surface area (Å²) < 4.78 is 13.8. The summed E-state index contributed by atoms with van der Waals surface area (Å²) in [5.41, 5.74) is 2.19. The molecule has 1 aromatic rings. The van der Waals surface area contributed by atoms with Gasteiger partial charge in [-0.25, -0.2) is 4.39 Å². The molecule has 3 heteroatoms. The van der Waals surface area contributed by atoms with E-state index in [1.165, 1.54) is 31.4 Å². The summed E-state index contributed by atoms with van der Waals surface area (Å²) in [6, 6.07) is 7.14. The third-order valence-electron chi connectivity index (χ3n) is 4.87. The molecule has 0 aliphatic carbocycles. The van der Waals surface area contributed by atoms with Crippen molar-refractivity contribution >= 4 is 5.69 Å². The third-order valence-corrected chi connectivity index (χ3v) is 4.87. The van der Waals surface area contributed by atoms with Gasteiger partial charge in [0.1, 0.15) is 5.82 Å². The molecule has 0 amide bonds. The number of hydrogen-bond acceptors (Lipinski definition) is 1. The molecule has 1 aliphatic rings. The molecule has 1 aliphatic heterocycles. The van der Waals surface area contributed by atoms with E-state index in [1.54, 1.807) is 17.0 Å². The summed E-state index contributed by atoms with van der Waals surface area (Å²) in [7, 11) is 0. The second-order valence-electron chi connectivity index (χ2n) is 7.19. The van der Waals surface area contributed by atoms with Crippen LogP contribution < -0.4 is 9.80 Å². The zero-order valence-corrected chi connectivity index (χ0v) is 14.9.